The SMILES string of the molecule is CCCCN1C[C@]2(CCCN(C(=O)c3cc(C(C)C)on3)C2)CCC1=O. The molecular weight excluding hydrogens is 330 g/mol. The van der Waals surface area contributed by atoms with Crippen LogP contribution in [0.3, 0.4) is 0 Å². The lowest BCUT2D eigenvalue weighted by Gasteiger charge is -2.48. The average Bonchev–Trinajstić information content (AvgIpc) is 3.13. The molecule has 1 atom stereocenters. The van der Waals surface area contributed by atoms with Crippen LogP contribution in [0.1, 0.15) is 81.5 Å². The summed E-state index contributed by atoms with van der Waals surface area (Å²) in [4.78, 5) is 29.1. The van der Waals surface area contributed by atoms with E-state index in [0.717, 1.165) is 57.5 Å². The first-order valence-corrected chi connectivity index (χ1v) is 9.98. The molecule has 1 aromatic heterocycles. The van der Waals surface area contributed by atoms with Gasteiger partial charge < -0.3 is 14.3 Å². The fourth-order valence-electron chi connectivity index (χ4n) is 4.19. The average molecular weight is 361 g/mol. The van der Waals surface area contributed by atoms with Crippen LogP contribution in [0.15, 0.2) is 10.6 Å². The fraction of sp³-hybridized carbons (Fsp3) is 0.750. The van der Waals surface area contributed by atoms with E-state index in [1.54, 1.807) is 6.07 Å². The predicted molar refractivity (Wildman–Crippen MR) is 98.9 cm³/mol. The summed E-state index contributed by atoms with van der Waals surface area (Å²) in [6.07, 6.45) is 5.69. The van der Waals surface area contributed by atoms with Crippen molar-refractivity contribution in [2.75, 3.05) is 26.2 Å². The number of rotatable bonds is 5. The van der Waals surface area contributed by atoms with Crippen LogP contribution in [0.5, 0.6) is 0 Å². The summed E-state index contributed by atoms with van der Waals surface area (Å²) in [5.41, 5.74) is 0.445. The highest BCUT2D eigenvalue weighted by molar-refractivity contribution is 5.92. The van der Waals surface area contributed by atoms with Crippen LogP contribution >= 0.6 is 0 Å². The Labute approximate surface area is 155 Å². The molecule has 1 spiro atoms. The van der Waals surface area contributed by atoms with Gasteiger partial charge in [-0.3, -0.25) is 9.59 Å². The monoisotopic (exact) mass is 361 g/mol. The number of carbonyl (C=O) groups excluding carboxylic acids is 2. The lowest BCUT2D eigenvalue weighted by atomic mass is 9.73. The maximum absolute atomic E-state index is 12.9. The quantitative estimate of drug-likeness (QED) is 0.806. The van der Waals surface area contributed by atoms with Crippen LogP contribution in [-0.4, -0.2) is 52.9 Å². The summed E-state index contributed by atoms with van der Waals surface area (Å²) in [7, 11) is 0. The highest BCUT2D eigenvalue weighted by atomic mass is 16.5. The Hall–Kier alpha value is -1.85. The van der Waals surface area contributed by atoms with Crippen LogP contribution in [0.2, 0.25) is 0 Å². The van der Waals surface area contributed by atoms with E-state index in [4.69, 9.17) is 4.52 Å². The Balaban J connectivity index is 1.69. The number of unbranched alkanes of at least 4 members (excludes halogenated alkanes) is 1. The van der Waals surface area contributed by atoms with E-state index in [1.807, 2.05) is 23.6 Å². The number of nitrogens with zero attached hydrogens (tertiary/aromatic N) is 3. The Morgan fingerprint density at radius 3 is 2.85 bits per heavy atom. The minimum Gasteiger partial charge on any atom is -0.360 e. The van der Waals surface area contributed by atoms with Gasteiger partial charge in [0, 0.05) is 50.0 Å². The van der Waals surface area contributed by atoms with E-state index < -0.39 is 0 Å². The summed E-state index contributed by atoms with van der Waals surface area (Å²) in [6.45, 7) is 9.29. The van der Waals surface area contributed by atoms with E-state index in [1.165, 1.54) is 0 Å². The minimum absolute atomic E-state index is 0.0418. The van der Waals surface area contributed by atoms with Crippen LogP contribution in [0.4, 0.5) is 0 Å². The molecule has 6 nitrogen and oxygen atoms in total. The van der Waals surface area contributed by atoms with Crippen molar-refractivity contribution < 1.29 is 14.1 Å². The van der Waals surface area contributed by atoms with Gasteiger partial charge in [0.25, 0.3) is 5.91 Å². The Morgan fingerprint density at radius 1 is 1.35 bits per heavy atom. The van der Waals surface area contributed by atoms with Gasteiger partial charge >= 0.3 is 0 Å². The lowest BCUT2D eigenvalue weighted by molar-refractivity contribution is -0.139. The number of piperidine rings is 2. The summed E-state index contributed by atoms with van der Waals surface area (Å²) >= 11 is 0. The molecule has 0 saturated carbocycles. The Bertz CT molecular complexity index is 654. The number of carbonyl (C=O) groups is 2. The van der Waals surface area contributed by atoms with Crippen LogP contribution in [-0.2, 0) is 4.79 Å². The minimum atomic E-state index is -0.0447. The number of amides is 2. The lowest BCUT2D eigenvalue weighted by Crippen LogP contribution is -2.55. The topological polar surface area (TPSA) is 66.7 Å². The predicted octanol–water partition coefficient (Wildman–Crippen LogP) is 3.44. The molecule has 26 heavy (non-hydrogen) atoms. The van der Waals surface area contributed by atoms with E-state index in [9.17, 15) is 9.59 Å². The van der Waals surface area contributed by atoms with E-state index in [0.29, 0.717) is 18.7 Å². The van der Waals surface area contributed by atoms with Crippen LogP contribution in [0, 0.1) is 5.41 Å². The van der Waals surface area contributed by atoms with Crippen LogP contribution < -0.4 is 0 Å². The Kier molecular flexibility index (Phi) is 5.68. The molecule has 1 aromatic rings. The molecule has 0 aliphatic carbocycles. The van der Waals surface area contributed by atoms with E-state index in [-0.39, 0.29) is 23.1 Å². The molecule has 2 aliphatic heterocycles. The second kappa shape index (κ2) is 7.80. The summed E-state index contributed by atoms with van der Waals surface area (Å²) in [6, 6.07) is 1.77. The van der Waals surface area contributed by atoms with Gasteiger partial charge in [-0.25, -0.2) is 0 Å². The number of likely N-dealkylation sites (tertiary alicyclic amines) is 2. The highest BCUT2D eigenvalue weighted by Crippen LogP contribution is 2.39. The largest absolute Gasteiger partial charge is 0.360 e. The molecular formula is C20H31N3O3. The van der Waals surface area contributed by atoms with Crippen molar-refractivity contribution in [2.24, 2.45) is 5.41 Å². The third-order valence-corrected chi connectivity index (χ3v) is 5.79. The normalized spacial score (nSPS) is 23.9. The molecule has 3 rings (SSSR count). The third-order valence-electron chi connectivity index (χ3n) is 5.79. The van der Waals surface area contributed by atoms with Gasteiger partial charge in [-0.2, -0.15) is 0 Å². The zero-order valence-corrected chi connectivity index (χ0v) is 16.3. The van der Waals surface area contributed by atoms with Crippen molar-refractivity contribution >= 4 is 11.8 Å². The fourth-order valence-corrected chi connectivity index (χ4v) is 4.19. The van der Waals surface area contributed by atoms with Crippen molar-refractivity contribution in [3.63, 3.8) is 0 Å². The molecule has 0 bridgehead atoms. The van der Waals surface area contributed by atoms with Gasteiger partial charge in [0.15, 0.2) is 5.69 Å². The van der Waals surface area contributed by atoms with Crippen molar-refractivity contribution in [3.05, 3.63) is 17.5 Å². The van der Waals surface area contributed by atoms with Crippen molar-refractivity contribution in [1.29, 1.82) is 0 Å². The molecule has 144 valence electrons. The van der Waals surface area contributed by atoms with Gasteiger partial charge in [0.2, 0.25) is 5.91 Å². The first-order chi connectivity index (χ1) is 12.4. The molecule has 0 radical (unpaired) electrons. The zero-order chi connectivity index (χ0) is 18.7. The summed E-state index contributed by atoms with van der Waals surface area (Å²) in [5, 5.41) is 3.98. The second-order valence-electron chi connectivity index (χ2n) is 8.27. The van der Waals surface area contributed by atoms with Crippen molar-refractivity contribution in [2.45, 2.75) is 65.2 Å². The van der Waals surface area contributed by atoms with Crippen molar-refractivity contribution in [3.8, 4) is 0 Å². The van der Waals surface area contributed by atoms with Gasteiger partial charge in [-0.15, -0.1) is 0 Å². The number of aromatic nitrogens is 1. The summed E-state index contributed by atoms with van der Waals surface area (Å²) in [5.74, 6) is 1.18. The second-order valence-corrected chi connectivity index (χ2v) is 8.27. The molecule has 2 amide bonds. The van der Waals surface area contributed by atoms with Gasteiger partial charge in [-0.1, -0.05) is 32.3 Å². The first-order valence-electron chi connectivity index (χ1n) is 9.98. The molecule has 2 saturated heterocycles. The Morgan fingerprint density at radius 2 is 2.15 bits per heavy atom. The van der Waals surface area contributed by atoms with E-state index in [2.05, 4.69) is 12.1 Å². The molecule has 0 unspecified atom stereocenters. The van der Waals surface area contributed by atoms with Gasteiger partial charge in [0.1, 0.15) is 5.76 Å². The smallest absolute Gasteiger partial charge is 0.276 e. The molecule has 6 heteroatoms. The van der Waals surface area contributed by atoms with Gasteiger partial charge in [-0.05, 0) is 25.7 Å². The molecule has 0 aromatic carbocycles. The standard InChI is InChI=1S/C20H31N3O3/c1-4-5-10-22-13-20(9-7-18(22)24)8-6-11-23(14-20)19(25)16-12-17(15(2)3)26-21-16/h12,15H,4-11,13-14H2,1-3H3/t20-/m0/s1. The number of hydrogen-bond acceptors (Lipinski definition) is 4. The highest BCUT2D eigenvalue weighted by Gasteiger charge is 2.43. The first kappa shape index (κ1) is 18.9. The molecule has 0 N–H and O–H groups in total. The van der Waals surface area contributed by atoms with Crippen molar-refractivity contribution in [1.82, 2.24) is 15.0 Å². The van der Waals surface area contributed by atoms with Crippen LogP contribution in [0.25, 0.3) is 0 Å². The zero-order valence-electron chi connectivity index (χ0n) is 16.3. The third kappa shape index (κ3) is 3.94. The molecule has 2 fully saturated rings. The maximum atomic E-state index is 12.9. The molecule has 3 heterocycles. The summed E-state index contributed by atoms with van der Waals surface area (Å²) < 4.78 is 5.30. The maximum Gasteiger partial charge on any atom is 0.276 e. The molecule has 2 aliphatic rings. The number of hydrogen-bond donors (Lipinski definition) is 0. The van der Waals surface area contributed by atoms with Gasteiger partial charge in [0.05, 0.1) is 0 Å². The van der Waals surface area contributed by atoms with E-state index >= 15 is 0 Å².